The Bertz CT molecular complexity index is 1560. The van der Waals surface area contributed by atoms with Crippen molar-refractivity contribution in [3.63, 3.8) is 0 Å². The molecule has 1 heterocycles. The number of fused-ring (bicyclic) bond motifs is 1. The molecule has 5 aromatic rings. The van der Waals surface area contributed by atoms with Crippen molar-refractivity contribution >= 4 is 39.9 Å². The number of carbonyl (C=O) groups excluding carboxylic acids is 2. The van der Waals surface area contributed by atoms with E-state index in [4.69, 9.17) is 16.3 Å². The Morgan fingerprint density at radius 1 is 0.872 bits per heavy atom. The number of hydrogen-bond donors (Lipinski definition) is 1. The monoisotopic (exact) mass is 536 g/mol. The van der Waals surface area contributed by atoms with Crippen LogP contribution in [0.4, 0.5) is 5.69 Å². The summed E-state index contributed by atoms with van der Waals surface area (Å²) in [6.45, 7) is 0. The molecule has 0 radical (unpaired) electrons. The number of nitrogens with one attached hydrogen (secondary N) is 1. The lowest BCUT2D eigenvalue weighted by Crippen LogP contribution is -2.40. The fraction of sp³-hybridized carbons (Fsp3) is 0.152. The molecule has 1 atom stereocenters. The topological polar surface area (TPSA) is 62.4 Å². The van der Waals surface area contributed by atoms with Crippen LogP contribution in [0.3, 0.4) is 0 Å². The van der Waals surface area contributed by atoms with E-state index in [9.17, 15) is 9.59 Å². The fourth-order valence-corrected chi connectivity index (χ4v) is 5.00. The second-order valence-corrected chi connectivity index (χ2v) is 9.84. The van der Waals surface area contributed by atoms with Crippen LogP contribution in [0.25, 0.3) is 10.9 Å². The number of ketones is 1. The molecule has 0 saturated heterocycles. The maximum Gasteiger partial charge on any atom is 0.232 e. The van der Waals surface area contributed by atoms with Gasteiger partial charge in [-0.3, -0.25) is 14.5 Å². The summed E-state index contributed by atoms with van der Waals surface area (Å²) in [4.78, 5) is 33.0. The molecule has 1 N–H and O–H groups in total. The van der Waals surface area contributed by atoms with Crippen molar-refractivity contribution in [1.29, 1.82) is 0 Å². The Morgan fingerprint density at radius 2 is 1.56 bits per heavy atom. The smallest absolute Gasteiger partial charge is 0.232 e. The number of methoxy groups -OCH3 is 1. The number of ether oxygens (including phenoxy) is 1. The molecule has 0 aliphatic rings. The third-order valence-corrected chi connectivity index (χ3v) is 7.14. The Balaban J connectivity index is 1.55. The zero-order valence-electron chi connectivity index (χ0n) is 21.6. The number of rotatable bonds is 10. The first-order valence-corrected chi connectivity index (χ1v) is 13.2. The van der Waals surface area contributed by atoms with E-state index in [1.807, 2.05) is 85.1 Å². The van der Waals surface area contributed by atoms with Crippen LogP contribution in [0.5, 0.6) is 5.75 Å². The van der Waals surface area contributed by atoms with E-state index in [0.29, 0.717) is 28.4 Å². The van der Waals surface area contributed by atoms with E-state index in [1.54, 1.807) is 36.3 Å². The lowest BCUT2D eigenvalue weighted by atomic mass is 9.95. The molecule has 0 fully saturated rings. The van der Waals surface area contributed by atoms with E-state index in [2.05, 4.69) is 4.98 Å². The van der Waals surface area contributed by atoms with Crippen molar-refractivity contribution < 1.29 is 14.3 Å². The lowest BCUT2D eigenvalue weighted by Gasteiger charge is -2.32. The predicted octanol–water partition coefficient (Wildman–Crippen LogP) is 7.35. The van der Waals surface area contributed by atoms with Crippen molar-refractivity contribution in [2.24, 2.45) is 0 Å². The van der Waals surface area contributed by atoms with Crippen LogP contribution in [0.2, 0.25) is 5.02 Å². The number of halogens is 1. The normalized spacial score (nSPS) is 11.7. The first-order valence-electron chi connectivity index (χ1n) is 12.9. The van der Waals surface area contributed by atoms with Crippen molar-refractivity contribution in [2.75, 3.05) is 12.0 Å². The summed E-state index contributed by atoms with van der Waals surface area (Å²) in [6.07, 6.45) is 2.86. The number of nitrogens with zero attached hydrogens (tertiary/aromatic N) is 1. The van der Waals surface area contributed by atoms with Gasteiger partial charge in [0.2, 0.25) is 5.91 Å². The summed E-state index contributed by atoms with van der Waals surface area (Å²) in [5, 5.41) is 1.55. The summed E-state index contributed by atoms with van der Waals surface area (Å²) in [7, 11) is 1.60. The van der Waals surface area contributed by atoms with Crippen molar-refractivity contribution in [3.8, 4) is 5.75 Å². The van der Waals surface area contributed by atoms with Crippen LogP contribution in [0, 0.1) is 0 Å². The Kier molecular flexibility index (Phi) is 8.09. The van der Waals surface area contributed by atoms with Gasteiger partial charge in [-0.1, -0.05) is 72.3 Å². The molecule has 6 heteroatoms. The average Bonchev–Trinajstić information content (AvgIpc) is 3.38. The summed E-state index contributed by atoms with van der Waals surface area (Å²) in [5.41, 5.74) is 4.24. The summed E-state index contributed by atoms with van der Waals surface area (Å²) < 4.78 is 5.35. The lowest BCUT2D eigenvalue weighted by molar-refractivity contribution is -0.125. The second kappa shape index (κ2) is 12.0. The number of Topliss-reactive ketones (excluding diaryl/α,β-unsaturated/α-hetero) is 1. The molecule has 4 aromatic carbocycles. The van der Waals surface area contributed by atoms with Gasteiger partial charge in [-0.05, 0) is 65.6 Å². The number of carbonyl (C=O) groups is 2. The SMILES string of the molecule is COc1ccc(N(C(=O)Cc2c[nH]c3ccccc23)C(C(=O)CCc2ccccc2)c2ccc(Cl)cc2)cc1. The van der Waals surface area contributed by atoms with Crippen molar-refractivity contribution in [3.05, 3.63) is 131 Å². The fourth-order valence-electron chi connectivity index (χ4n) is 4.88. The van der Waals surface area contributed by atoms with Gasteiger partial charge in [-0.25, -0.2) is 0 Å². The minimum Gasteiger partial charge on any atom is -0.497 e. The highest BCUT2D eigenvalue weighted by Crippen LogP contribution is 2.33. The molecule has 1 aromatic heterocycles. The van der Waals surface area contributed by atoms with E-state index in [-0.39, 0.29) is 24.5 Å². The number of benzene rings is 4. The molecule has 0 spiro atoms. The number of aromatic amines is 1. The Labute approximate surface area is 233 Å². The number of H-pyrrole nitrogens is 1. The van der Waals surface area contributed by atoms with Crippen LogP contribution in [-0.4, -0.2) is 23.8 Å². The minimum atomic E-state index is -0.822. The van der Waals surface area contributed by atoms with Gasteiger partial charge in [0.05, 0.1) is 13.5 Å². The van der Waals surface area contributed by atoms with Gasteiger partial charge in [0.15, 0.2) is 5.78 Å². The van der Waals surface area contributed by atoms with Crippen LogP contribution in [0.15, 0.2) is 109 Å². The average molecular weight is 537 g/mol. The van der Waals surface area contributed by atoms with E-state index >= 15 is 0 Å². The van der Waals surface area contributed by atoms with Gasteiger partial charge in [0.25, 0.3) is 0 Å². The first kappa shape index (κ1) is 26.3. The summed E-state index contributed by atoms with van der Waals surface area (Å²) in [5.74, 6) is 0.434. The molecule has 0 aliphatic carbocycles. The molecule has 5 rings (SSSR count). The van der Waals surface area contributed by atoms with Crippen molar-refractivity contribution in [1.82, 2.24) is 4.98 Å². The quantitative estimate of drug-likeness (QED) is 0.203. The van der Waals surface area contributed by atoms with Gasteiger partial charge in [-0.2, -0.15) is 0 Å². The first-order chi connectivity index (χ1) is 19.0. The Morgan fingerprint density at radius 3 is 2.28 bits per heavy atom. The van der Waals surface area contributed by atoms with E-state index in [0.717, 1.165) is 22.0 Å². The number of aromatic nitrogens is 1. The zero-order valence-corrected chi connectivity index (χ0v) is 22.4. The summed E-state index contributed by atoms with van der Waals surface area (Å²) >= 11 is 6.20. The Hall–Kier alpha value is -4.35. The number of amides is 1. The molecule has 0 saturated carbocycles. The molecular formula is C33H29ClN2O3. The van der Waals surface area contributed by atoms with Crippen LogP contribution in [0.1, 0.15) is 29.2 Å². The van der Waals surface area contributed by atoms with Gasteiger partial charge >= 0.3 is 0 Å². The minimum absolute atomic E-state index is 0.0516. The highest BCUT2D eigenvalue weighted by Gasteiger charge is 2.32. The van der Waals surface area contributed by atoms with Gasteiger partial charge in [0.1, 0.15) is 11.8 Å². The highest BCUT2D eigenvalue weighted by atomic mass is 35.5. The predicted molar refractivity (Wildman–Crippen MR) is 156 cm³/mol. The van der Waals surface area contributed by atoms with Crippen LogP contribution < -0.4 is 9.64 Å². The van der Waals surface area contributed by atoms with Gasteiger partial charge in [-0.15, -0.1) is 0 Å². The largest absolute Gasteiger partial charge is 0.497 e. The second-order valence-electron chi connectivity index (χ2n) is 9.40. The standard InChI is InChI=1S/C33H29ClN2O3/c1-39-28-18-16-27(17-19-28)36(32(38)21-25-22-35-30-10-6-5-9-29(25)30)33(24-12-14-26(34)15-13-24)31(37)20-11-23-7-3-2-4-8-23/h2-10,12-19,22,33,35H,11,20-21H2,1H3. The molecule has 0 bridgehead atoms. The highest BCUT2D eigenvalue weighted by molar-refractivity contribution is 6.30. The van der Waals surface area contributed by atoms with Crippen molar-refractivity contribution in [2.45, 2.75) is 25.3 Å². The maximum absolute atomic E-state index is 14.2. The molecule has 196 valence electrons. The van der Waals surface area contributed by atoms with E-state index in [1.165, 1.54) is 0 Å². The van der Waals surface area contributed by atoms with Crippen LogP contribution >= 0.6 is 11.6 Å². The number of hydrogen-bond acceptors (Lipinski definition) is 3. The summed E-state index contributed by atoms with van der Waals surface area (Å²) in [6, 6.07) is 31.3. The molecule has 39 heavy (non-hydrogen) atoms. The zero-order chi connectivity index (χ0) is 27.2. The maximum atomic E-state index is 14.2. The van der Waals surface area contributed by atoms with E-state index < -0.39 is 6.04 Å². The third-order valence-electron chi connectivity index (χ3n) is 6.89. The molecule has 1 unspecified atom stereocenters. The number of anilines is 1. The number of aryl methyl sites for hydroxylation is 1. The molecule has 5 nitrogen and oxygen atoms in total. The molecular weight excluding hydrogens is 508 g/mol. The molecule has 1 amide bonds. The van der Waals surface area contributed by atoms with Crippen LogP contribution in [-0.2, 0) is 22.4 Å². The van der Waals surface area contributed by atoms with Gasteiger partial charge in [0, 0.05) is 34.2 Å². The third kappa shape index (κ3) is 6.05. The number of para-hydroxylation sites is 1. The molecule has 0 aliphatic heterocycles. The van der Waals surface area contributed by atoms with Gasteiger partial charge < -0.3 is 9.72 Å².